The molecule has 1 aromatic rings. The van der Waals surface area contributed by atoms with E-state index in [1.54, 1.807) is 32.0 Å². The molecule has 8 heteroatoms. The monoisotopic (exact) mass is 347 g/mol. The molecule has 2 N–H and O–H groups in total. The summed E-state index contributed by atoms with van der Waals surface area (Å²) >= 11 is 0. The highest BCUT2D eigenvalue weighted by Gasteiger charge is 2.41. The van der Waals surface area contributed by atoms with Crippen LogP contribution in [-0.2, 0) is 0 Å². The quantitative estimate of drug-likeness (QED) is 0.248. The molecule has 8 nitrogen and oxygen atoms in total. The summed E-state index contributed by atoms with van der Waals surface area (Å²) in [5, 5.41) is 31.5. The fraction of sp³-hybridized carbons (Fsp3) is 0.529. The van der Waals surface area contributed by atoms with Gasteiger partial charge in [-0.3, -0.25) is 0 Å². The predicted molar refractivity (Wildman–Crippen MR) is 97.2 cm³/mol. The van der Waals surface area contributed by atoms with E-state index in [2.05, 4.69) is 22.8 Å². The molecule has 0 saturated heterocycles. The van der Waals surface area contributed by atoms with E-state index in [1.807, 2.05) is 0 Å². The lowest BCUT2D eigenvalue weighted by Gasteiger charge is -2.17. The number of benzene rings is 1. The first kappa shape index (κ1) is 18.7. The first-order valence-corrected chi connectivity index (χ1v) is 8.53. The number of carbonyl (C=O) groups is 1. The predicted octanol–water partition coefficient (Wildman–Crippen LogP) is 0.628. The van der Waals surface area contributed by atoms with Crippen molar-refractivity contribution in [2.75, 3.05) is 6.54 Å². The van der Waals surface area contributed by atoms with E-state index in [9.17, 15) is 15.2 Å². The summed E-state index contributed by atoms with van der Waals surface area (Å²) < 4.78 is 1.38. The first-order valence-electron chi connectivity index (χ1n) is 8.53. The number of unbranched alkanes of at least 4 members (excludes halogenated alkanes) is 3. The summed E-state index contributed by atoms with van der Waals surface area (Å²) in [5.74, 6) is 0. The molecule has 0 saturated carbocycles. The Bertz CT molecular complexity index is 786. The third-order valence-electron chi connectivity index (χ3n) is 4.13. The number of hydrogen-bond acceptors (Lipinski definition) is 4. The highest BCUT2D eigenvalue weighted by Crippen LogP contribution is 2.05. The van der Waals surface area contributed by atoms with Crippen LogP contribution in [0.15, 0.2) is 23.3 Å². The van der Waals surface area contributed by atoms with Crippen molar-refractivity contribution in [3.05, 3.63) is 44.9 Å². The van der Waals surface area contributed by atoms with Crippen LogP contribution in [0, 0.1) is 10.4 Å². The van der Waals surface area contributed by atoms with Gasteiger partial charge in [0.2, 0.25) is 0 Å². The molecule has 1 heterocycles. The van der Waals surface area contributed by atoms with E-state index in [0.29, 0.717) is 32.3 Å². The topological polar surface area (TPSA) is 106 Å². The number of amides is 2. The summed E-state index contributed by atoms with van der Waals surface area (Å²) in [6.45, 7) is 5.87. The molecule has 25 heavy (non-hydrogen) atoms. The maximum Gasteiger partial charge on any atom is 0.366 e. The number of fused-ring (bicyclic) bond motifs is 1. The van der Waals surface area contributed by atoms with Crippen LogP contribution >= 0.6 is 0 Å². The minimum absolute atomic E-state index is 0.296. The Morgan fingerprint density at radius 3 is 2.64 bits per heavy atom. The number of hydrazone groups is 1. The van der Waals surface area contributed by atoms with Gasteiger partial charge in [0.15, 0.2) is 0 Å². The van der Waals surface area contributed by atoms with Crippen molar-refractivity contribution in [1.82, 2.24) is 20.2 Å². The lowest BCUT2D eigenvalue weighted by atomic mass is 10.2. The molecule has 0 aliphatic carbocycles. The molecule has 0 atom stereocenters. The molecule has 1 aromatic carbocycles. The molecular weight excluding hydrogens is 322 g/mol. The maximum atomic E-state index is 12.2. The molecule has 0 radical (unpaired) electrons. The van der Waals surface area contributed by atoms with Crippen LogP contribution in [0.1, 0.15) is 52.0 Å². The third kappa shape index (κ3) is 4.26. The van der Waals surface area contributed by atoms with Gasteiger partial charge in [-0.2, -0.15) is 5.10 Å². The van der Waals surface area contributed by atoms with Crippen molar-refractivity contribution in [2.45, 2.75) is 52.1 Å². The normalized spacial score (nSPS) is 15.5. The number of carbonyl (C=O) groups excluding carboxylic acids is 1. The van der Waals surface area contributed by atoms with Crippen LogP contribution in [0.25, 0.3) is 0 Å². The van der Waals surface area contributed by atoms with Crippen LogP contribution in [-0.4, -0.2) is 24.5 Å². The molecule has 0 spiro atoms. The minimum Gasteiger partial charge on any atom is -0.618 e. The van der Waals surface area contributed by atoms with Crippen molar-refractivity contribution < 1.29 is 4.79 Å². The Morgan fingerprint density at radius 1 is 1.20 bits per heavy atom. The zero-order valence-electron chi connectivity index (χ0n) is 14.9. The summed E-state index contributed by atoms with van der Waals surface area (Å²) in [5.41, 5.74) is 1.83. The Kier molecular flexibility index (Phi) is 5.95. The van der Waals surface area contributed by atoms with Crippen molar-refractivity contribution in [3.63, 3.8) is 0 Å². The molecule has 2 rings (SSSR count). The summed E-state index contributed by atoms with van der Waals surface area (Å²) in [7, 11) is 0. The molecule has 136 valence electrons. The highest BCUT2D eigenvalue weighted by molar-refractivity contribution is 5.81. The highest BCUT2D eigenvalue weighted by atomic mass is 16.5. The number of rotatable bonds is 7. The van der Waals surface area contributed by atoms with Gasteiger partial charge >= 0.3 is 11.7 Å². The number of nitrogens with one attached hydrogen (secondary N) is 2. The van der Waals surface area contributed by atoms with Crippen LogP contribution in [0.2, 0.25) is 0 Å². The zero-order chi connectivity index (χ0) is 18.4. The van der Waals surface area contributed by atoms with Crippen LogP contribution < -0.4 is 30.9 Å². The molecule has 0 unspecified atom stereocenters. The number of nitrogens with zero attached hydrogens (tertiary/aromatic N) is 3. The molecule has 0 fully saturated rings. The molecular formula is C17H25N5O3. The van der Waals surface area contributed by atoms with E-state index < -0.39 is 5.66 Å². The number of urea groups is 1. The second-order valence-corrected chi connectivity index (χ2v) is 6.52. The van der Waals surface area contributed by atoms with Gasteiger partial charge in [-0.05, 0) is 12.5 Å². The molecule has 0 aromatic heterocycles. The van der Waals surface area contributed by atoms with Gasteiger partial charge in [0, 0.05) is 24.2 Å². The SMILES string of the molecule is CCCCCCNC(=O)N/N=C/c1ccc2c(c1)=[N+]([O-])C(C)(C)[N+]=2[O-]. The Labute approximate surface area is 146 Å². The van der Waals surface area contributed by atoms with Gasteiger partial charge in [-0.1, -0.05) is 26.2 Å². The van der Waals surface area contributed by atoms with Crippen LogP contribution in [0.5, 0.6) is 0 Å². The average Bonchev–Trinajstić information content (AvgIpc) is 2.75. The molecule has 1 aliphatic rings. The summed E-state index contributed by atoms with van der Waals surface area (Å²) in [4.78, 5) is 11.6. The average molecular weight is 347 g/mol. The van der Waals surface area contributed by atoms with Crippen molar-refractivity contribution in [3.8, 4) is 0 Å². The standard InChI is InChI=1S/C17H25N5O3/c1-4-5-6-7-10-18-16(23)20-19-12-13-8-9-14-15(11-13)22(25)17(2,3)21(14)24/h8-9,11-12H,4-7,10H2,1-3H3,(H2,18,20,23)/b19-12+. The lowest BCUT2D eigenvalue weighted by Crippen LogP contribution is -2.46. The summed E-state index contributed by atoms with van der Waals surface area (Å²) in [6.07, 6.45) is 5.78. The van der Waals surface area contributed by atoms with E-state index >= 15 is 0 Å². The van der Waals surface area contributed by atoms with Crippen molar-refractivity contribution >= 4 is 12.2 Å². The first-order chi connectivity index (χ1) is 11.9. The lowest BCUT2D eigenvalue weighted by molar-refractivity contribution is 0.241. The second-order valence-electron chi connectivity index (χ2n) is 6.52. The largest absolute Gasteiger partial charge is 0.618 e. The van der Waals surface area contributed by atoms with Crippen molar-refractivity contribution in [2.24, 2.45) is 5.10 Å². The number of hydrogen-bond donors (Lipinski definition) is 2. The molecule has 1 aliphatic heterocycles. The molecule has 2 amide bonds. The third-order valence-corrected chi connectivity index (χ3v) is 4.13. The smallest absolute Gasteiger partial charge is 0.366 e. The fourth-order valence-electron chi connectivity index (χ4n) is 2.59. The fourth-order valence-corrected chi connectivity index (χ4v) is 2.59. The zero-order valence-corrected chi connectivity index (χ0v) is 14.9. The van der Waals surface area contributed by atoms with Gasteiger partial charge in [-0.25, -0.2) is 10.2 Å². The van der Waals surface area contributed by atoms with Gasteiger partial charge in [-0.15, -0.1) is 9.48 Å². The van der Waals surface area contributed by atoms with E-state index in [-0.39, 0.29) is 6.03 Å². The maximum absolute atomic E-state index is 12.2. The number of hydroxylamine groups is 2. The van der Waals surface area contributed by atoms with Gasteiger partial charge < -0.3 is 15.7 Å². The van der Waals surface area contributed by atoms with E-state index in [0.717, 1.165) is 25.7 Å². The Balaban J connectivity index is 1.95. The van der Waals surface area contributed by atoms with E-state index in [1.165, 1.54) is 6.21 Å². The van der Waals surface area contributed by atoms with Gasteiger partial charge in [0.05, 0.1) is 20.1 Å². The van der Waals surface area contributed by atoms with E-state index in [4.69, 9.17) is 0 Å². The Morgan fingerprint density at radius 2 is 1.92 bits per heavy atom. The summed E-state index contributed by atoms with van der Waals surface area (Å²) in [6, 6.07) is 4.46. The Hall–Kier alpha value is -2.64. The van der Waals surface area contributed by atoms with Gasteiger partial charge in [0.25, 0.3) is 10.7 Å². The van der Waals surface area contributed by atoms with Gasteiger partial charge in [0.1, 0.15) is 0 Å². The minimum atomic E-state index is -1.17. The van der Waals surface area contributed by atoms with Crippen LogP contribution in [0.3, 0.4) is 0 Å². The van der Waals surface area contributed by atoms with Crippen LogP contribution in [0.4, 0.5) is 4.79 Å². The van der Waals surface area contributed by atoms with Crippen molar-refractivity contribution in [1.29, 1.82) is 0 Å². The second kappa shape index (κ2) is 7.96. The molecule has 0 bridgehead atoms.